The Morgan fingerprint density at radius 2 is 1.79 bits per heavy atom. The van der Waals surface area contributed by atoms with Crippen LogP contribution in [-0.2, 0) is 21.2 Å². The zero-order valence-corrected chi connectivity index (χ0v) is 19.2. The summed E-state index contributed by atoms with van der Waals surface area (Å²) in [5.74, 6) is 0.823. The van der Waals surface area contributed by atoms with Crippen LogP contribution in [0, 0.1) is 0 Å². The van der Waals surface area contributed by atoms with Crippen molar-refractivity contribution in [2.75, 3.05) is 34.2 Å². The van der Waals surface area contributed by atoms with Gasteiger partial charge in [-0.15, -0.1) is 10.2 Å². The number of fused-ring (bicyclic) bond motifs is 1. The van der Waals surface area contributed by atoms with E-state index in [0.29, 0.717) is 24.3 Å². The number of carbonyl (C=O) groups excluding carboxylic acids is 1. The molecule has 0 atom stereocenters. The lowest BCUT2D eigenvalue weighted by Crippen LogP contribution is -2.25. The topological polar surface area (TPSA) is 95.5 Å². The summed E-state index contributed by atoms with van der Waals surface area (Å²) in [5, 5.41) is 8.70. The molecule has 3 heterocycles. The fourth-order valence-corrected chi connectivity index (χ4v) is 5.52. The fourth-order valence-electron chi connectivity index (χ4n) is 4.42. The Morgan fingerprint density at radius 3 is 2.52 bits per heavy atom. The van der Waals surface area contributed by atoms with Gasteiger partial charge in [0.15, 0.2) is 5.82 Å². The third kappa shape index (κ3) is 4.28. The quantitative estimate of drug-likeness (QED) is 0.623. The molecule has 33 heavy (non-hydrogen) atoms. The van der Waals surface area contributed by atoms with Crippen LogP contribution in [0.3, 0.4) is 0 Å². The molecule has 1 aromatic heterocycles. The molecule has 5 rings (SSSR count). The van der Waals surface area contributed by atoms with Crippen LogP contribution in [0.5, 0.6) is 0 Å². The highest BCUT2D eigenvalue weighted by atomic mass is 32.2. The zero-order chi connectivity index (χ0) is 23.0. The second kappa shape index (κ2) is 8.47. The summed E-state index contributed by atoms with van der Waals surface area (Å²) in [5.41, 5.74) is 3.54. The average Bonchev–Trinajstić information content (AvgIpc) is 3.49. The maximum Gasteiger partial charge on any atom is 0.261 e. The first-order valence-corrected chi connectivity index (χ1v) is 12.5. The Labute approximate surface area is 193 Å². The van der Waals surface area contributed by atoms with Crippen LogP contribution in [0.1, 0.15) is 25.3 Å². The van der Waals surface area contributed by atoms with Gasteiger partial charge in [-0.2, -0.15) is 0 Å². The van der Waals surface area contributed by atoms with Crippen LogP contribution in [0.2, 0.25) is 0 Å². The largest absolute Gasteiger partial charge is 0.355 e. The van der Waals surface area contributed by atoms with Gasteiger partial charge >= 0.3 is 0 Å². The van der Waals surface area contributed by atoms with E-state index in [9.17, 15) is 13.2 Å². The van der Waals surface area contributed by atoms with Crippen molar-refractivity contribution >= 4 is 33.1 Å². The van der Waals surface area contributed by atoms with Crippen LogP contribution >= 0.6 is 0 Å². The second-order valence-electron chi connectivity index (χ2n) is 8.37. The molecule has 0 bridgehead atoms. The number of hydrogen-bond donors (Lipinski definition) is 1. The molecular formula is C24H25N5O3S. The predicted molar refractivity (Wildman–Crippen MR) is 128 cm³/mol. The molecule has 0 saturated carbocycles. The van der Waals surface area contributed by atoms with Crippen molar-refractivity contribution in [1.29, 1.82) is 0 Å². The molecule has 170 valence electrons. The highest BCUT2D eigenvalue weighted by molar-refractivity contribution is 7.92. The number of nitrogens with zero attached hydrogens (tertiary/aromatic N) is 4. The number of sulfonamides is 1. The van der Waals surface area contributed by atoms with Gasteiger partial charge in [0.2, 0.25) is 5.91 Å². The van der Waals surface area contributed by atoms with Gasteiger partial charge < -0.3 is 9.80 Å². The first-order chi connectivity index (χ1) is 15.9. The third-order valence-electron chi connectivity index (χ3n) is 6.13. The SMILES string of the molecule is CC(=O)N1CCc2cc(S(=O)(=O)Nc3cccc(-c4ccc(N5CCCC5)nn4)c3)ccc21. The molecule has 0 unspecified atom stereocenters. The van der Waals surface area contributed by atoms with Crippen LogP contribution in [0.25, 0.3) is 11.3 Å². The minimum atomic E-state index is -3.79. The van der Waals surface area contributed by atoms with Gasteiger partial charge in [-0.3, -0.25) is 9.52 Å². The summed E-state index contributed by atoms with van der Waals surface area (Å²) in [4.78, 5) is 15.8. The standard InChI is InChI=1S/C24H25N5O3S/c1-17(30)29-14-11-19-16-21(7-9-23(19)29)33(31,32)27-20-6-4-5-18(15-20)22-8-10-24(26-25-22)28-12-2-3-13-28/h4-10,15-16,27H,2-3,11-14H2,1H3. The van der Waals surface area contributed by atoms with E-state index in [2.05, 4.69) is 19.8 Å². The summed E-state index contributed by atoms with van der Waals surface area (Å²) >= 11 is 0. The Morgan fingerprint density at radius 1 is 0.970 bits per heavy atom. The number of nitrogens with one attached hydrogen (secondary N) is 1. The number of aromatic nitrogens is 2. The van der Waals surface area contributed by atoms with Crippen molar-refractivity contribution in [2.45, 2.75) is 31.1 Å². The number of rotatable bonds is 5. The minimum absolute atomic E-state index is 0.0455. The van der Waals surface area contributed by atoms with Gasteiger partial charge in [-0.05, 0) is 67.3 Å². The third-order valence-corrected chi connectivity index (χ3v) is 7.51. The van der Waals surface area contributed by atoms with Gasteiger partial charge in [0.25, 0.3) is 10.0 Å². The Hall–Kier alpha value is -3.46. The zero-order valence-electron chi connectivity index (χ0n) is 18.4. The van der Waals surface area contributed by atoms with Gasteiger partial charge in [-0.25, -0.2) is 8.42 Å². The number of carbonyl (C=O) groups is 1. The van der Waals surface area contributed by atoms with Crippen LogP contribution in [0.15, 0.2) is 59.5 Å². The normalized spacial score (nSPS) is 15.5. The highest BCUT2D eigenvalue weighted by Crippen LogP contribution is 2.31. The van der Waals surface area contributed by atoms with Crippen molar-refractivity contribution in [1.82, 2.24) is 10.2 Å². The molecule has 1 amide bonds. The van der Waals surface area contributed by atoms with Gasteiger partial charge in [-0.1, -0.05) is 12.1 Å². The molecule has 8 nitrogen and oxygen atoms in total. The molecule has 9 heteroatoms. The van der Waals surface area contributed by atoms with Crippen molar-refractivity contribution in [2.24, 2.45) is 0 Å². The average molecular weight is 464 g/mol. The predicted octanol–water partition coefficient (Wildman–Crippen LogP) is 3.45. The summed E-state index contributed by atoms with van der Waals surface area (Å²) < 4.78 is 28.7. The Kier molecular flexibility index (Phi) is 5.49. The molecule has 1 saturated heterocycles. The minimum Gasteiger partial charge on any atom is -0.355 e. The van der Waals surface area contributed by atoms with E-state index >= 15 is 0 Å². The van der Waals surface area contributed by atoms with E-state index < -0.39 is 10.0 Å². The van der Waals surface area contributed by atoms with Crippen molar-refractivity contribution in [3.8, 4) is 11.3 Å². The first kappa shape index (κ1) is 21.4. The van der Waals surface area contributed by atoms with Crippen molar-refractivity contribution in [3.63, 3.8) is 0 Å². The number of benzene rings is 2. The van der Waals surface area contributed by atoms with Crippen LogP contribution in [0.4, 0.5) is 17.2 Å². The van der Waals surface area contributed by atoms with E-state index in [0.717, 1.165) is 35.7 Å². The second-order valence-corrected chi connectivity index (χ2v) is 10.1. The van der Waals surface area contributed by atoms with Gasteiger partial charge in [0.1, 0.15) is 0 Å². The van der Waals surface area contributed by atoms with E-state index in [1.54, 1.807) is 35.2 Å². The molecule has 1 N–H and O–H groups in total. The lowest BCUT2D eigenvalue weighted by molar-refractivity contribution is -0.116. The van der Waals surface area contributed by atoms with E-state index in [1.165, 1.54) is 25.8 Å². The summed E-state index contributed by atoms with van der Waals surface area (Å²) in [6.07, 6.45) is 2.98. The Balaban J connectivity index is 1.36. The number of anilines is 3. The van der Waals surface area contributed by atoms with Gasteiger partial charge in [0, 0.05) is 43.5 Å². The maximum absolute atomic E-state index is 13.0. The van der Waals surface area contributed by atoms with Crippen molar-refractivity contribution in [3.05, 3.63) is 60.2 Å². The van der Waals surface area contributed by atoms with E-state index in [-0.39, 0.29) is 10.8 Å². The first-order valence-electron chi connectivity index (χ1n) is 11.0. The monoisotopic (exact) mass is 463 g/mol. The molecule has 2 aliphatic rings. The lowest BCUT2D eigenvalue weighted by Gasteiger charge is -2.16. The molecule has 1 fully saturated rings. The van der Waals surface area contributed by atoms with Crippen molar-refractivity contribution < 1.29 is 13.2 Å². The molecule has 0 radical (unpaired) electrons. The van der Waals surface area contributed by atoms with Gasteiger partial charge in [0.05, 0.1) is 10.6 Å². The fraction of sp³-hybridized carbons (Fsp3) is 0.292. The summed E-state index contributed by atoms with van der Waals surface area (Å²) in [7, 11) is -3.79. The molecule has 0 aliphatic carbocycles. The van der Waals surface area contributed by atoms with E-state index in [4.69, 9.17) is 0 Å². The van der Waals surface area contributed by atoms with Crippen LogP contribution in [-0.4, -0.2) is 44.2 Å². The number of hydrogen-bond acceptors (Lipinski definition) is 6. The molecule has 3 aromatic rings. The molecular weight excluding hydrogens is 438 g/mol. The number of amides is 1. The lowest BCUT2D eigenvalue weighted by atomic mass is 10.1. The smallest absolute Gasteiger partial charge is 0.261 e. The van der Waals surface area contributed by atoms with E-state index in [1.807, 2.05) is 18.2 Å². The summed E-state index contributed by atoms with van der Waals surface area (Å²) in [6.45, 7) is 4.08. The Bertz CT molecular complexity index is 1300. The molecule has 2 aromatic carbocycles. The van der Waals surface area contributed by atoms with Crippen LogP contribution < -0.4 is 14.5 Å². The maximum atomic E-state index is 13.0. The highest BCUT2D eigenvalue weighted by Gasteiger charge is 2.25. The molecule has 0 spiro atoms. The molecule has 2 aliphatic heterocycles. The summed E-state index contributed by atoms with van der Waals surface area (Å²) in [6, 6.07) is 15.9.